The van der Waals surface area contributed by atoms with Gasteiger partial charge in [-0.15, -0.1) is 0 Å². The van der Waals surface area contributed by atoms with E-state index in [1.54, 1.807) is 25.3 Å². The summed E-state index contributed by atoms with van der Waals surface area (Å²) in [5.74, 6) is -0.381. The molecule has 5 nitrogen and oxygen atoms in total. The second-order valence-corrected chi connectivity index (χ2v) is 4.64. The number of anilines is 2. The Morgan fingerprint density at radius 3 is 2.71 bits per heavy atom. The number of carbonyl (C=O) groups is 1. The van der Waals surface area contributed by atoms with Crippen LogP contribution in [0.15, 0.2) is 48.7 Å². The number of pyridine rings is 2. The van der Waals surface area contributed by atoms with Gasteiger partial charge < -0.3 is 10.4 Å². The average Bonchev–Trinajstić information content (AvgIpc) is 2.47. The Morgan fingerprint density at radius 2 is 1.95 bits per heavy atom. The smallest absolute Gasteiger partial charge is 0.337 e. The highest BCUT2D eigenvalue weighted by molar-refractivity contribution is 5.92. The summed E-state index contributed by atoms with van der Waals surface area (Å²) in [7, 11) is 0. The van der Waals surface area contributed by atoms with E-state index in [9.17, 15) is 4.79 Å². The third kappa shape index (κ3) is 2.53. The van der Waals surface area contributed by atoms with E-state index in [0.717, 1.165) is 16.6 Å². The van der Waals surface area contributed by atoms with E-state index in [4.69, 9.17) is 5.11 Å². The molecule has 0 spiro atoms. The molecule has 0 fully saturated rings. The molecule has 1 aromatic carbocycles. The van der Waals surface area contributed by atoms with E-state index >= 15 is 0 Å². The normalized spacial score (nSPS) is 10.5. The molecule has 0 amide bonds. The van der Waals surface area contributed by atoms with Gasteiger partial charge in [-0.3, -0.25) is 4.98 Å². The van der Waals surface area contributed by atoms with Crippen molar-refractivity contribution in [3.63, 3.8) is 0 Å². The third-order valence-corrected chi connectivity index (χ3v) is 3.21. The quantitative estimate of drug-likeness (QED) is 0.768. The number of nitrogens with one attached hydrogen (secondary N) is 1. The lowest BCUT2D eigenvalue weighted by Gasteiger charge is -2.09. The first-order valence-electron chi connectivity index (χ1n) is 6.47. The number of nitrogens with zero attached hydrogens (tertiary/aromatic N) is 2. The highest BCUT2D eigenvalue weighted by Gasteiger charge is 2.09. The van der Waals surface area contributed by atoms with E-state index in [1.165, 1.54) is 0 Å². The van der Waals surface area contributed by atoms with Crippen LogP contribution in [0, 0.1) is 6.92 Å². The summed E-state index contributed by atoms with van der Waals surface area (Å²) >= 11 is 0. The van der Waals surface area contributed by atoms with Crippen molar-refractivity contribution in [3.8, 4) is 0 Å². The van der Waals surface area contributed by atoms with Gasteiger partial charge in [-0.05, 0) is 31.2 Å². The zero-order chi connectivity index (χ0) is 14.8. The van der Waals surface area contributed by atoms with Crippen molar-refractivity contribution in [1.29, 1.82) is 0 Å². The molecule has 0 saturated carbocycles. The fourth-order valence-electron chi connectivity index (χ4n) is 2.20. The molecule has 0 aliphatic heterocycles. The van der Waals surface area contributed by atoms with Crippen LogP contribution in [-0.4, -0.2) is 21.0 Å². The molecular weight excluding hydrogens is 266 g/mol. The number of hydrogen-bond acceptors (Lipinski definition) is 4. The van der Waals surface area contributed by atoms with Crippen LogP contribution in [0.25, 0.3) is 10.9 Å². The van der Waals surface area contributed by atoms with E-state index < -0.39 is 5.97 Å². The fourth-order valence-corrected chi connectivity index (χ4v) is 2.20. The summed E-state index contributed by atoms with van der Waals surface area (Å²) in [5.41, 5.74) is 2.36. The molecule has 21 heavy (non-hydrogen) atoms. The minimum Gasteiger partial charge on any atom is -0.478 e. The highest BCUT2D eigenvalue weighted by atomic mass is 16.4. The largest absolute Gasteiger partial charge is 0.478 e. The number of hydrogen-bond donors (Lipinski definition) is 2. The molecule has 0 radical (unpaired) electrons. The lowest BCUT2D eigenvalue weighted by molar-refractivity contribution is 0.0695. The van der Waals surface area contributed by atoms with Gasteiger partial charge >= 0.3 is 5.97 Å². The van der Waals surface area contributed by atoms with Crippen molar-refractivity contribution in [1.82, 2.24) is 9.97 Å². The first-order valence-corrected chi connectivity index (χ1v) is 6.47. The summed E-state index contributed by atoms with van der Waals surface area (Å²) in [6.45, 7) is 1.68. The Hall–Kier alpha value is -2.95. The topological polar surface area (TPSA) is 75.1 Å². The van der Waals surface area contributed by atoms with Gasteiger partial charge in [0, 0.05) is 11.6 Å². The molecule has 2 aromatic heterocycles. The molecule has 104 valence electrons. The van der Waals surface area contributed by atoms with Gasteiger partial charge in [-0.25, -0.2) is 9.78 Å². The number of fused-ring (bicyclic) bond motifs is 1. The van der Waals surface area contributed by atoms with Gasteiger partial charge in [0.25, 0.3) is 0 Å². The van der Waals surface area contributed by atoms with Crippen LogP contribution in [-0.2, 0) is 0 Å². The second kappa shape index (κ2) is 5.20. The van der Waals surface area contributed by atoms with E-state index in [2.05, 4.69) is 15.3 Å². The standard InChI is InChI=1S/C16H13N3O2/c1-10-12(16(20)21)7-8-14(18-10)19-13-6-2-4-11-5-3-9-17-15(11)13/h2-9H,1H3,(H,18,19)(H,20,21). The molecule has 5 heteroatoms. The molecule has 3 rings (SSSR count). The van der Waals surface area contributed by atoms with Crippen LogP contribution in [0.3, 0.4) is 0 Å². The summed E-state index contributed by atoms with van der Waals surface area (Å²) in [6, 6.07) is 12.9. The van der Waals surface area contributed by atoms with Crippen molar-refractivity contribution < 1.29 is 9.90 Å². The average molecular weight is 279 g/mol. The van der Waals surface area contributed by atoms with E-state index in [1.807, 2.05) is 30.3 Å². The maximum atomic E-state index is 11.0. The van der Waals surface area contributed by atoms with Crippen LogP contribution in [0.5, 0.6) is 0 Å². The van der Waals surface area contributed by atoms with E-state index in [-0.39, 0.29) is 5.56 Å². The number of carboxylic acids is 1. The lowest BCUT2D eigenvalue weighted by atomic mass is 10.2. The number of carboxylic acid groups (broad SMARTS) is 1. The monoisotopic (exact) mass is 279 g/mol. The van der Waals surface area contributed by atoms with Gasteiger partial charge in [0.15, 0.2) is 0 Å². The van der Waals surface area contributed by atoms with Gasteiger partial charge in [-0.2, -0.15) is 0 Å². The van der Waals surface area contributed by atoms with Crippen molar-refractivity contribution in [2.45, 2.75) is 6.92 Å². The first-order chi connectivity index (χ1) is 10.1. The molecule has 0 bridgehead atoms. The zero-order valence-electron chi connectivity index (χ0n) is 11.4. The summed E-state index contributed by atoms with van der Waals surface area (Å²) in [5, 5.41) is 13.2. The molecule has 2 N–H and O–H groups in total. The van der Waals surface area contributed by atoms with Gasteiger partial charge in [0.1, 0.15) is 5.82 Å². The van der Waals surface area contributed by atoms with Crippen molar-refractivity contribution in [2.24, 2.45) is 0 Å². The molecule has 2 heterocycles. The summed E-state index contributed by atoms with van der Waals surface area (Å²) < 4.78 is 0. The summed E-state index contributed by atoms with van der Waals surface area (Å²) in [4.78, 5) is 19.6. The number of aromatic nitrogens is 2. The molecule has 0 atom stereocenters. The Morgan fingerprint density at radius 1 is 1.14 bits per heavy atom. The van der Waals surface area contributed by atoms with Crippen molar-refractivity contribution in [3.05, 3.63) is 59.9 Å². The Kier molecular flexibility index (Phi) is 3.23. The van der Waals surface area contributed by atoms with Crippen LogP contribution in [0.1, 0.15) is 16.1 Å². The number of para-hydroxylation sites is 1. The molecule has 0 aliphatic rings. The van der Waals surface area contributed by atoms with Crippen molar-refractivity contribution >= 4 is 28.4 Å². The molecule has 0 saturated heterocycles. The number of aryl methyl sites for hydroxylation is 1. The van der Waals surface area contributed by atoms with Crippen molar-refractivity contribution in [2.75, 3.05) is 5.32 Å². The van der Waals surface area contributed by atoms with Crippen LogP contribution >= 0.6 is 0 Å². The van der Waals surface area contributed by atoms with Gasteiger partial charge in [-0.1, -0.05) is 18.2 Å². The Labute approximate surface area is 121 Å². The van der Waals surface area contributed by atoms with Gasteiger partial charge in [0.2, 0.25) is 0 Å². The van der Waals surface area contributed by atoms with Crippen LogP contribution in [0.4, 0.5) is 11.5 Å². The molecule has 0 aliphatic carbocycles. The number of benzene rings is 1. The first kappa shape index (κ1) is 13.1. The highest BCUT2D eigenvalue weighted by Crippen LogP contribution is 2.24. The molecular formula is C16H13N3O2. The molecule has 0 unspecified atom stereocenters. The number of aromatic carboxylic acids is 1. The Bertz CT molecular complexity index is 825. The van der Waals surface area contributed by atoms with Gasteiger partial charge in [0.05, 0.1) is 22.5 Å². The second-order valence-electron chi connectivity index (χ2n) is 4.64. The van der Waals surface area contributed by atoms with Crippen LogP contribution < -0.4 is 5.32 Å². The summed E-state index contributed by atoms with van der Waals surface area (Å²) in [6.07, 6.45) is 1.74. The maximum Gasteiger partial charge on any atom is 0.337 e. The minimum absolute atomic E-state index is 0.205. The maximum absolute atomic E-state index is 11.0. The fraction of sp³-hybridized carbons (Fsp3) is 0.0625. The lowest BCUT2D eigenvalue weighted by Crippen LogP contribution is -2.04. The third-order valence-electron chi connectivity index (χ3n) is 3.21. The SMILES string of the molecule is Cc1nc(Nc2cccc3cccnc23)ccc1C(=O)O. The predicted octanol–water partition coefficient (Wildman–Crippen LogP) is 3.38. The van der Waals surface area contributed by atoms with Crippen LogP contribution in [0.2, 0.25) is 0 Å². The van der Waals surface area contributed by atoms with E-state index in [0.29, 0.717) is 11.5 Å². The zero-order valence-corrected chi connectivity index (χ0v) is 11.4. The Balaban J connectivity index is 1.99. The number of rotatable bonds is 3. The predicted molar refractivity (Wildman–Crippen MR) is 81.0 cm³/mol. The molecule has 3 aromatic rings. The minimum atomic E-state index is -0.974.